The third-order valence-corrected chi connectivity index (χ3v) is 1.51. The number of ether oxygens (including phenoxy) is 2. The number of carbonyl (C=O) groups excluding carboxylic acids is 2. The maximum absolute atomic E-state index is 12.7. The van der Waals surface area contributed by atoms with Crippen molar-refractivity contribution in [3.05, 3.63) is 0 Å². The van der Waals surface area contributed by atoms with E-state index in [1.54, 1.807) is 0 Å². The Morgan fingerprint density at radius 2 is 1.67 bits per heavy atom. The quantitative estimate of drug-likeness (QED) is 0.483. The number of rotatable bonds is 3. The zero-order valence-electron chi connectivity index (χ0n) is 6.54. The molecule has 0 aromatic heterocycles. The lowest BCUT2D eigenvalue weighted by atomic mass is 10.3. The number of hydrogen-bond acceptors (Lipinski definition) is 4. The number of halogens is 2. The van der Waals surface area contributed by atoms with E-state index in [4.69, 9.17) is 11.6 Å². The van der Waals surface area contributed by atoms with Crippen LogP contribution in [0.25, 0.3) is 0 Å². The number of methoxy groups -OCH3 is 2. The maximum Gasteiger partial charge on any atom is 0.342 e. The fourth-order valence-electron chi connectivity index (χ4n) is 0.464. The first-order chi connectivity index (χ1) is 5.54. The fraction of sp³-hybridized carbons (Fsp3) is 0.667. The molecule has 0 aliphatic carbocycles. The molecule has 0 radical (unpaired) electrons. The summed E-state index contributed by atoms with van der Waals surface area (Å²) in [4.78, 5) is 21.1. The van der Waals surface area contributed by atoms with Gasteiger partial charge in [-0.15, -0.1) is 11.6 Å². The van der Waals surface area contributed by atoms with Crippen molar-refractivity contribution >= 4 is 23.5 Å². The molecule has 2 atom stereocenters. The van der Waals surface area contributed by atoms with Crippen LogP contribution in [0, 0.1) is 0 Å². The van der Waals surface area contributed by atoms with E-state index >= 15 is 0 Å². The minimum absolute atomic E-state index is 0.996. The van der Waals surface area contributed by atoms with Gasteiger partial charge in [0.2, 0.25) is 6.17 Å². The van der Waals surface area contributed by atoms with Gasteiger partial charge in [0, 0.05) is 0 Å². The molecule has 0 unspecified atom stereocenters. The SMILES string of the molecule is COC(=O)[C@@H](Cl)[C@@H](F)C(=O)OC. The summed E-state index contributed by atoms with van der Waals surface area (Å²) in [6.45, 7) is 0. The molecule has 6 heteroatoms. The molecule has 0 aliphatic rings. The van der Waals surface area contributed by atoms with E-state index in [0.717, 1.165) is 14.2 Å². The minimum Gasteiger partial charge on any atom is -0.468 e. The molecule has 12 heavy (non-hydrogen) atoms. The Morgan fingerprint density at radius 1 is 1.25 bits per heavy atom. The van der Waals surface area contributed by atoms with E-state index in [2.05, 4.69) is 9.47 Å². The molecule has 0 aliphatic heterocycles. The summed E-state index contributed by atoms with van der Waals surface area (Å²) < 4.78 is 20.9. The zero-order valence-corrected chi connectivity index (χ0v) is 7.30. The molecule has 4 nitrogen and oxygen atoms in total. The molecule has 0 saturated heterocycles. The van der Waals surface area contributed by atoms with E-state index in [1.165, 1.54) is 0 Å². The third kappa shape index (κ3) is 2.65. The minimum atomic E-state index is -2.19. The van der Waals surface area contributed by atoms with E-state index < -0.39 is 23.5 Å². The summed E-state index contributed by atoms with van der Waals surface area (Å²) in [7, 11) is 2.04. The van der Waals surface area contributed by atoms with Crippen LogP contribution in [-0.4, -0.2) is 37.7 Å². The van der Waals surface area contributed by atoms with Gasteiger partial charge < -0.3 is 9.47 Å². The topological polar surface area (TPSA) is 52.6 Å². The van der Waals surface area contributed by atoms with Gasteiger partial charge in [0.1, 0.15) is 0 Å². The normalized spacial score (nSPS) is 14.7. The molecule has 70 valence electrons. The predicted octanol–water partition coefficient (Wildman–Crippen LogP) is 0.278. The summed E-state index contributed by atoms with van der Waals surface area (Å²) in [5, 5.41) is -1.65. The van der Waals surface area contributed by atoms with Crippen LogP contribution < -0.4 is 0 Å². The number of esters is 2. The van der Waals surface area contributed by atoms with Crippen molar-refractivity contribution in [3.63, 3.8) is 0 Å². The van der Waals surface area contributed by atoms with Crippen LogP contribution in [0.1, 0.15) is 0 Å². The van der Waals surface area contributed by atoms with Gasteiger partial charge in [-0.05, 0) is 0 Å². The second-order valence-corrected chi connectivity index (χ2v) is 2.32. The Hall–Kier alpha value is -0.840. The highest BCUT2D eigenvalue weighted by Gasteiger charge is 2.33. The highest BCUT2D eigenvalue weighted by molar-refractivity contribution is 6.31. The monoisotopic (exact) mass is 198 g/mol. The van der Waals surface area contributed by atoms with Gasteiger partial charge in [0.25, 0.3) is 0 Å². The lowest BCUT2D eigenvalue weighted by Crippen LogP contribution is -2.34. The lowest BCUT2D eigenvalue weighted by Gasteiger charge is -2.09. The Bertz CT molecular complexity index is 164. The van der Waals surface area contributed by atoms with Crippen molar-refractivity contribution in [3.8, 4) is 0 Å². The van der Waals surface area contributed by atoms with Crippen LogP contribution in [0.5, 0.6) is 0 Å². The number of alkyl halides is 2. The maximum atomic E-state index is 12.7. The molecule has 0 amide bonds. The van der Waals surface area contributed by atoms with Crippen LogP contribution >= 0.6 is 11.6 Å². The average Bonchev–Trinajstić information content (AvgIpc) is 2.12. The van der Waals surface area contributed by atoms with Crippen molar-refractivity contribution in [2.45, 2.75) is 11.5 Å². The summed E-state index contributed by atoms with van der Waals surface area (Å²) >= 11 is 5.21. The zero-order chi connectivity index (χ0) is 9.72. The van der Waals surface area contributed by atoms with Crippen molar-refractivity contribution in [1.82, 2.24) is 0 Å². The summed E-state index contributed by atoms with van der Waals surface area (Å²) in [6.07, 6.45) is -2.19. The first-order valence-corrected chi connectivity index (χ1v) is 3.42. The van der Waals surface area contributed by atoms with Crippen molar-refractivity contribution in [1.29, 1.82) is 0 Å². The average molecular weight is 199 g/mol. The molecule has 0 heterocycles. The van der Waals surface area contributed by atoms with Gasteiger partial charge >= 0.3 is 11.9 Å². The van der Waals surface area contributed by atoms with Gasteiger partial charge in [-0.1, -0.05) is 0 Å². The summed E-state index contributed by atoms with van der Waals surface area (Å²) in [5.74, 6) is -2.20. The van der Waals surface area contributed by atoms with Crippen molar-refractivity contribution in [2.24, 2.45) is 0 Å². The molecule has 0 aromatic carbocycles. The predicted molar refractivity (Wildman–Crippen MR) is 38.6 cm³/mol. The van der Waals surface area contributed by atoms with Crippen LogP contribution in [0.15, 0.2) is 0 Å². The molecule has 0 saturated carbocycles. The highest BCUT2D eigenvalue weighted by atomic mass is 35.5. The van der Waals surface area contributed by atoms with E-state index in [9.17, 15) is 14.0 Å². The largest absolute Gasteiger partial charge is 0.468 e. The van der Waals surface area contributed by atoms with Gasteiger partial charge in [0.05, 0.1) is 14.2 Å². The highest BCUT2D eigenvalue weighted by Crippen LogP contribution is 2.10. The first-order valence-electron chi connectivity index (χ1n) is 2.98. The van der Waals surface area contributed by atoms with Crippen LogP contribution in [-0.2, 0) is 19.1 Å². The number of carbonyl (C=O) groups is 2. The third-order valence-electron chi connectivity index (χ3n) is 1.11. The number of hydrogen-bond donors (Lipinski definition) is 0. The van der Waals surface area contributed by atoms with Gasteiger partial charge in [-0.3, -0.25) is 4.79 Å². The smallest absolute Gasteiger partial charge is 0.342 e. The van der Waals surface area contributed by atoms with Gasteiger partial charge in [-0.25, -0.2) is 9.18 Å². The Balaban J connectivity index is 4.18. The molecule has 0 aromatic rings. The van der Waals surface area contributed by atoms with Crippen LogP contribution in [0.4, 0.5) is 4.39 Å². The van der Waals surface area contributed by atoms with E-state index in [-0.39, 0.29) is 0 Å². The summed E-state index contributed by atoms with van der Waals surface area (Å²) in [6, 6.07) is 0. The lowest BCUT2D eigenvalue weighted by molar-refractivity contribution is -0.152. The Kier molecular flexibility index (Phi) is 4.58. The molecular formula is C6H8ClFO4. The van der Waals surface area contributed by atoms with Crippen molar-refractivity contribution < 1.29 is 23.5 Å². The Labute approximate surface area is 73.6 Å². The standard InChI is InChI=1S/C6H8ClFO4/c1-11-5(9)3(7)4(8)6(10)12-2/h3-4H,1-2H3/t3-,4+/m0/s1. The van der Waals surface area contributed by atoms with Gasteiger partial charge in [0.15, 0.2) is 5.38 Å². The van der Waals surface area contributed by atoms with Crippen LogP contribution in [0.3, 0.4) is 0 Å². The second kappa shape index (κ2) is 4.92. The molecule has 0 bridgehead atoms. The molecule has 0 spiro atoms. The van der Waals surface area contributed by atoms with E-state index in [0.29, 0.717) is 0 Å². The molecular weight excluding hydrogens is 191 g/mol. The Morgan fingerprint density at radius 3 is 2.00 bits per heavy atom. The molecule has 0 rings (SSSR count). The summed E-state index contributed by atoms with van der Waals surface area (Å²) in [5.41, 5.74) is 0. The molecule has 0 N–H and O–H groups in total. The fourth-order valence-corrected chi connectivity index (χ4v) is 0.656. The van der Waals surface area contributed by atoms with Crippen LogP contribution in [0.2, 0.25) is 0 Å². The van der Waals surface area contributed by atoms with Gasteiger partial charge in [-0.2, -0.15) is 0 Å². The van der Waals surface area contributed by atoms with E-state index in [1.807, 2.05) is 0 Å². The first kappa shape index (κ1) is 11.2. The second-order valence-electron chi connectivity index (χ2n) is 1.85. The van der Waals surface area contributed by atoms with Crippen molar-refractivity contribution in [2.75, 3.05) is 14.2 Å². The molecule has 0 fully saturated rings.